The van der Waals surface area contributed by atoms with Crippen molar-refractivity contribution in [3.63, 3.8) is 0 Å². The summed E-state index contributed by atoms with van der Waals surface area (Å²) in [7, 11) is 0. The molecule has 0 radical (unpaired) electrons. The van der Waals surface area contributed by atoms with Gasteiger partial charge in [-0.15, -0.1) is 0 Å². The van der Waals surface area contributed by atoms with Gasteiger partial charge in [0.25, 0.3) is 0 Å². The molecular formula is C19H13Cl. The van der Waals surface area contributed by atoms with Crippen LogP contribution in [0.3, 0.4) is 0 Å². The number of halogens is 1. The van der Waals surface area contributed by atoms with E-state index in [4.69, 9.17) is 11.6 Å². The molecule has 0 fully saturated rings. The van der Waals surface area contributed by atoms with Gasteiger partial charge in [-0.25, -0.2) is 0 Å². The van der Waals surface area contributed by atoms with E-state index in [2.05, 4.69) is 60.7 Å². The molecule has 0 saturated carbocycles. The Morgan fingerprint density at radius 3 is 2.70 bits per heavy atom. The van der Waals surface area contributed by atoms with Crippen LogP contribution in [-0.4, -0.2) is 0 Å². The van der Waals surface area contributed by atoms with E-state index in [0.29, 0.717) is 5.92 Å². The van der Waals surface area contributed by atoms with Crippen molar-refractivity contribution in [3.05, 3.63) is 100 Å². The van der Waals surface area contributed by atoms with Gasteiger partial charge in [0.1, 0.15) is 0 Å². The summed E-state index contributed by atoms with van der Waals surface area (Å²) in [6.45, 7) is 0. The normalized spacial score (nSPS) is 19.1. The van der Waals surface area contributed by atoms with Crippen molar-refractivity contribution in [2.24, 2.45) is 0 Å². The zero-order chi connectivity index (χ0) is 13.5. The third-order valence-electron chi connectivity index (χ3n) is 3.99. The molecule has 0 heterocycles. The average molecular weight is 277 g/mol. The highest BCUT2D eigenvalue weighted by Crippen LogP contribution is 2.47. The minimum Gasteiger partial charge on any atom is -0.0843 e. The van der Waals surface area contributed by atoms with Crippen LogP contribution < -0.4 is 0 Å². The highest BCUT2D eigenvalue weighted by Gasteiger charge is 2.29. The van der Waals surface area contributed by atoms with E-state index in [1.54, 1.807) is 0 Å². The maximum Gasteiger partial charge on any atom is 0.0412 e. The molecule has 0 aliphatic heterocycles. The van der Waals surface area contributed by atoms with Crippen molar-refractivity contribution < 1.29 is 0 Å². The first-order valence-electron chi connectivity index (χ1n) is 6.79. The Labute approximate surface area is 123 Å². The first kappa shape index (κ1) is 11.7. The Hall–Kier alpha value is -2.05. The van der Waals surface area contributed by atoms with Crippen molar-refractivity contribution in [2.45, 2.75) is 5.92 Å². The first-order valence-corrected chi connectivity index (χ1v) is 7.17. The highest BCUT2D eigenvalue weighted by molar-refractivity contribution is 6.30. The van der Waals surface area contributed by atoms with Crippen LogP contribution in [0, 0.1) is 0 Å². The fraction of sp³-hybridized carbons (Fsp3) is 0.0526. The second kappa shape index (κ2) is 4.50. The zero-order valence-corrected chi connectivity index (χ0v) is 11.6. The number of allylic oxidation sites excluding steroid dienone is 5. The van der Waals surface area contributed by atoms with Gasteiger partial charge in [-0.1, -0.05) is 72.3 Å². The summed E-state index contributed by atoms with van der Waals surface area (Å²) in [5, 5.41) is 0.784. The molecule has 20 heavy (non-hydrogen) atoms. The molecule has 4 rings (SSSR count). The summed E-state index contributed by atoms with van der Waals surface area (Å²) in [5.74, 6) is 0.380. The molecule has 0 N–H and O–H groups in total. The van der Waals surface area contributed by atoms with Crippen molar-refractivity contribution >= 4 is 17.2 Å². The van der Waals surface area contributed by atoms with Crippen LogP contribution in [0.1, 0.15) is 22.6 Å². The van der Waals surface area contributed by atoms with Crippen LogP contribution in [0.25, 0.3) is 5.57 Å². The van der Waals surface area contributed by atoms with Gasteiger partial charge >= 0.3 is 0 Å². The molecule has 1 unspecified atom stereocenters. The van der Waals surface area contributed by atoms with Gasteiger partial charge in [0.2, 0.25) is 0 Å². The first-order chi connectivity index (χ1) is 9.84. The number of rotatable bonds is 1. The second-order valence-electron chi connectivity index (χ2n) is 5.15. The molecule has 2 aromatic carbocycles. The Morgan fingerprint density at radius 1 is 0.900 bits per heavy atom. The lowest BCUT2D eigenvalue weighted by atomic mass is 9.92. The van der Waals surface area contributed by atoms with Gasteiger partial charge in [0, 0.05) is 10.9 Å². The Balaban J connectivity index is 2.01. The van der Waals surface area contributed by atoms with E-state index >= 15 is 0 Å². The maximum absolute atomic E-state index is 6.17. The van der Waals surface area contributed by atoms with E-state index in [-0.39, 0.29) is 0 Å². The lowest BCUT2D eigenvalue weighted by molar-refractivity contribution is 1.05. The predicted molar refractivity (Wildman–Crippen MR) is 84.9 cm³/mol. The van der Waals surface area contributed by atoms with E-state index < -0.39 is 0 Å². The van der Waals surface area contributed by atoms with Gasteiger partial charge < -0.3 is 0 Å². The molecule has 0 bridgehead atoms. The Kier molecular flexibility index (Phi) is 2.64. The van der Waals surface area contributed by atoms with E-state index in [1.807, 2.05) is 12.1 Å². The topological polar surface area (TPSA) is 0 Å². The lowest BCUT2D eigenvalue weighted by Crippen LogP contribution is -1.95. The second-order valence-corrected chi connectivity index (χ2v) is 5.59. The standard InChI is InChI=1S/C19H13Cl/c20-14-7-5-6-13(12-14)19-17-10-3-1-8-15(17)16-9-2-4-11-18(16)19/h1-12,15H. The Bertz CT molecular complexity index is 778. The van der Waals surface area contributed by atoms with Crippen LogP contribution in [-0.2, 0) is 0 Å². The van der Waals surface area contributed by atoms with Crippen molar-refractivity contribution in [2.75, 3.05) is 0 Å². The molecule has 0 amide bonds. The SMILES string of the molecule is Clc1cccc(C2=C3C=CC=CC3c3ccccc32)c1. The molecule has 1 heteroatoms. The van der Waals surface area contributed by atoms with Gasteiger partial charge in [0.05, 0.1) is 0 Å². The molecule has 0 aromatic heterocycles. The summed E-state index contributed by atoms with van der Waals surface area (Å²) in [6.07, 6.45) is 8.74. The van der Waals surface area contributed by atoms with E-state index in [9.17, 15) is 0 Å². The number of benzene rings is 2. The molecule has 2 aliphatic carbocycles. The monoisotopic (exact) mass is 276 g/mol. The quantitative estimate of drug-likeness (QED) is 0.657. The smallest absolute Gasteiger partial charge is 0.0412 e. The summed E-state index contributed by atoms with van der Waals surface area (Å²) in [4.78, 5) is 0. The van der Waals surface area contributed by atoms with Crippen LogP contribution >= 0.6 is 11.6 Å². The zero-order valence-electron chi connectivity index (χ0n) is 10.9. The minimum atomic E-state index is 0.380. The largest absolute Gasteiger partial charge is 0.0843 e. The summed E-state index contributed by atoms with van der Waals surface area (Å²) >= 11 is 6.17. The van der Waals surface area contributed by atoms with Gasteiger partial charge in [-0.05, 0) is 40.0 Å². The highest BCUT2D eigenvalue weighted by atomic mass is 35.5. The fourth-order valence-electron chi connectivity index (χ4n) is 3.17. The van der Waals surface area contributed by atoms with E-state index in [0.717, 1.165) is 5.02 Å². The minimum absolute atomic E-state index is 0.380. The van der Waals surface area contributed by atoms with Gasteiger partial charge in [-0.2, -0.15) is 0 Å². The third-order valence-corrected chi connectivity index (χ3v) is 4.23. The van der Waals surface area contributed by atoms with Crippen molar-refractivity contribution in [1.82, 2.24) is 0 Å². The molecule has 2 aliphatic rings. The van der Waals surface area contributed by atoms with Crippen molar-refractivity contribution in [3.8, 4) is 0 Å². The molecule has 2 aromatic rings. The van der Waals surface area contributed by atoms with Crippen LogP contribution in [0.4, 0.5) is 0 Å². The third kappa shape index (κ3) is 1.69. The van der Waals surface area contributed by atoms with Gasteiger partial charge in [-0.3, -0.25) is 0 Å². The molecule has 1 atom stereocenters. The van der Waals surface area contributed by atoms with Crippen molar-refractivity contribution in [1.29, 1.82) is 0 Å². The number of hydrogen-bond acceptors (Lipinski definition) is 0. The molecular weight excluding hydrogens is 264 g/mol. The van der Waals surface area contributed by atoms with Gasteiger partial charge in [0.15, 0.2) is 0 Å². The summed E-state index contributed by atoms with van der Waals surface area (Å²) in [5.41, 5.74) is 6.59. The maximum atomic E-state index is 6.17. The molecule has 0 spiro atoms. The number of fused-ring (bicyclic) bond motifs is 3. The summed E-state index contributed by atoms with van der Waals surface area (Å²) in [6, 6.07) is 16.8. The molecule has 96 valence electrons. The Morgan fingerprint density at radius 2 is 1.80 bits per heavy atom. The summed E-state index contributed by atoms with van der Waals surface area (Å²) < 4.78 is 0. The lowest BCUT2D eigenvalue weighted by Gasteiger charge is -2.12. The van der Waals surface area contributed by atoms with Crippen LogP contribution in [0.15, 0.2) is 78.4 Å². The fourth-order valence-corrected chi connectivity index (χ4v) is 3.36. The average Bonchev–Trinajstić information content (AvgIpc) is 2.82. The molecule has 0 saturated heterocycles. The molecule has 0 nitrogen and oxygen atoms in total. The van der Waals surface area contributed by atoms with Crippen LogP contribution in [0.5, 0.6) is 0 Å². The number of hydrogen-bond donors (Lipinski definition) is 0. The van der Waals surface area contributed by atoms with E-state index in [1.165, 1.54) is 27.8 Å². The predicted octanol–water partition coefficient (Wildman–Crippen LogP) is 5.37. The van der Waals surface area contributed by atoms with Crippen LogP contribution in [0.2, 0.25) is 5.02 Å².